The van der Waals surface area contributed by atoms with Crippen molar-refractivity contribution in [2.24, 2.45) is 21.0 Å². The van der Waals surface area contributed by atoms with Gasteiger partial charge in [-0.1, -0.05) is 4.68 Å². The second kappa shape index (κ2) is 5.95. The highest BCUT2D eigenvalue weighted by Crippen LogP contribution is 2.35. The van der Waals surface area contributed by atoms with Gasteiger partial charge in [0.15, 0.2) is 12.2 Å². The highest BCUT2D eigenvalue weighted by atomic mass is 32.2. The first-order valence-electron chi connectivity index (χ1n) is 7.02. The third-order valence-corrected chi connectivity index (χ3v) is 4.50. The molecule has 0 bridgehead atoms. The predicted molar refractivity (Wildman–Crippen MR) is 82.6 cm³/mol. The average molecular weight is 371 g/mol. The van der Waals surface area contributed by atoms with Crippen LogP contribution < -0.4 is 10.9 Å². The summed E-state index contributed by atoms with van der Waals surface area (Å²) in [5.74, 6) is 0.219. The van der Waals surface area contributed by atoms with Gasteiger partial charge >= 0.3 is 10.3 Å². The van der Waals surface area contributed by atoms with Gasteiger partial charge in [0.05, 0.1) is 6.61 Å². The summed E-state index contributed by atoms with van der Waals surface area (Å²) in [6.45, 7) is -0.673. The summed E-state index contributed by atoms with van der Waals surface area (Å²) in [7, 11) is -4.28. The van der Waals surface area contributed by atoms with Crippen LogP contribution >= 0.6 is 0 Å². The van der Waals surface area contributed by atoms with Gasteiger partial charge in [0, 0.05) is 17.3 Å². The Bertz CT molecular complexity index is 858. The van der Waals surface area contributed by atoms with Crippen LogP contribution in [-0.2, 0) is 19.2 Å². The van der Waals surface area contributed by atoms with E-state index in [-0.39, 0.29) is 11.5 Å². The number of hydrazone groups is 1. The Morgan fingerprint density at radius 1 is 1.52 bits per heavy atom. The summed E-state index contributed by atoms with van der Waals surface area (Å²) < 4.78 is 33.0. The topological polar surface area (TPSA) is 197 Å². The van der Waals surface area contributed by atoms with Gasteiger partial charge in [-0.2, -0.15) is 13.7 Å². The van der Waals surface area contributed by atoms with E-state index in [0.29, 0.717) is 0 Å². The smallest absolute Gasteiger partial charge is 0.333 e. The molecule has 1 saturated heterocycles. The van der Waals surface area contributed by atoms with Gasteiger partial charge in [-0.05, 0) is 0 Å². The molecule has 1 unspecified atom stereocenters. The maximum Gasteiger partial charge on any atom is 0.333 e. The summed E-state index contributed by atoms with van der Waals surface area (Å²) in [6, 6.07) is 1.26. The molecule has 12 nitrogen and oxygen atoms in total. The molecule has 13 heteroatoms. The largest absolute Gasteiger partial charge is 0.387 e. The molecule has 0 saturated carbocycles. The number of ether oxygens (including phenoxy) is 1. The molecule has 1 fully saturated rings. The molecular weight excluding hydrogens is 356 g/mol. The number of hydrogen-bond donors (Lipinski definition) is 4. The molecule has 25 heavy (non-hydrogen) atoms. The number of rotatable bonds is 4. The lowest BCUT2D eigenvalue weighted by atomic mass is 9.91. The van der Waals surface area contributed by atoms with Crippen LogP contribution in [0.2, 0.25) is 0 Å². The van der Waals surface area contributed by atoms with Crippen LogP contribution in [-0.4, -0.2) is 77.8 Å². The van der Waals surface area contributed by atoms with E-state index >= 15 is 0 Å². The Labute approximate surface area is 142 Å². The number of aliphatic hydroxyl groups excluding tert-OH is 2. The molecule has 5 atom stereocenters. The van der Waals surface area contributed by atoms with Crippen molar-refractivity contribution in [3.63, 3.8) is 0 Å². The average Bonchev–Trinajstić information content (AvgIpc) is 3.08. The third kappa shape index (κ3) is 2.84. The van der Waals surface area contributed by atoms with Crippen LogP contribution in [0.1, 0.15) is 0 Å². The molecule has 0 spiro atoms. The van der Waals surface area contributed by atoms with Crippen molar-refractivity contribution in [1.29, 1.82) is 5.26 Å². The predicted octanol–water partition coefficient (Wildman–Crippen LogP) is -3.70. The van der Waals surface area contributed by atoms with Gasteiger partial charge in [0.2, 0.25) is 0 Å². The number of nitriles is 1. The number of fused-ring (bicyclic) bond motifs is 1. The van der Waals surface area contributed by atoms with Crippen molar-refractivity contribution in [1.82, 2.24) is 0 Å². The second-order valence-electron chi connectivity index (χ2n) is 5.54. The SMILES string of the molecule is N#C[C@@]1(C2=[N+]3N=CN=C(N)C3C=C2)O[C@H](COS(N)(=O)=O)[C@@H](O)[C@H]1O. The van der Waals surface area contributed by atoms with Gasteiger partial charge in [0.25, 0.3) is 17.4 Å². The number of nitrogens with zero attached hydrogens (tertiary/aromatic N) is 4. The quantitative estimate of drug-likeness (QED) is 0.362. The van der Waals surface area contributed by atoms with Crippen molar-refractivity contribution in [3.05, 3.63) is 12.2 Å². The van der Waals surface area contributed by atoms with Gasteiger partial charge in [0.1, 0.15) is 24.4 Å². The minimum absolute atomic E-state index is 0.124. The lowest BCUT2D eigenvalue weighted by Crippen LogP contribution is -2.51. The first kappa shape index (κ1) is 17.6. The zero-order valence-electron chi connectivity index (χ0n) is 12.6. The fourth-order valence-electron chi connectivity index (χ4n) is 2.84. The van der Waals surface area contributed by atoms with E-state index < -0.39 is 46.9 Å². The van der Waals surface area contributed by atoms with Gasteiger partial charge in [-0.3, -0.25) is 4.18 Å². The zero-order valence-corrected chi connectivity index (χ0v) is 13.4. The molecule has 0 aromatic rings. The maximum atomic E-state index is 10.9. The number of hydrogen-bond acceptors (Lipinski definition) is 10. The van der Waals surface area contributed by atoms with Crippen LogP contribution in [0.15, 0.2) is 22.2 Å². The fraction of sp³-hybridized carbons (Fsp3) is 0.500. The van der Waals surface area contributed by atoms with Crippen LogP contribution in [0, 0.1) is 11.3 Å². The van der Waals surface area contributed by atoms with Crippen molar-refractivity contribution >= 4 is 28.2 Å². The first-order valence-corrected chi connectivity index (χ1v) is 8.49. The van der Waals surface area contributed by atoms with E-state index in [9.17, 15) is 23.9 Å². The molecule has 0 aliphatic carbocycles. The number of nitrogens with two attached hydrogens (primary N) is 2. The molecule has 0 aromatic carbocycles. The lowest BCUT2D eigenvalue weighted by molar-refractivity contribution is -0.543. The minimum Gasteiger partial charge on any atom is -0.387 e. The summed E-state index contributed by atoms with van der Waals surface area (Å²) >= 11 is 0. The van der Waals surface area contributed by atoms with Crippen LogP contribution in [0.25, 0.3) is 0 Å². The van der Waals surface area contributed by atoms with E-state index in [1.54, 1.807) is 6.08 Å². The molecule has 3 aliphatic rings. The molecule has 134 valence electrons. The van der Waals surface area contributed by atoms with Gasteiger partial charge in [-0.15, -0.1) is 0 Å². The van der Waals surface area contributed by atoms with Gasteiger partial charge < -0.3 is 20.7 Å². The van der Waals surface area contributed by atoms with Crippen molar-refractivity contribution in [2.45, 2.75) is 30.0 Å². The minimum atomic E-state index is -4.28. The summed E-state index contributed by atoms with van der Waals surface area (Å²) in [5.41, 5.74) is 3.88. The normalized spacial score (nSPS) is 37.1. The fourth-order valence-corrected chi connectivity index (χ4v) is 3.17. The maximum absolute atomic E-state index is 10.9. The number of aliphatic imine (C=N–C) groups is 1. The second-order valence-corrected chi connectivity index (χ2v) is 6.76. The van der Waals surface area contributed by atoms with E-state index in [1.165, 1.54) is 17.1 Å². The molecule has 3 rings (SSSR count). The van der Waals surface area contributed by atoms with Gasteiger partial charge in [-0.25, -0.2) is 10.1 Å². The third-order valence-electron chi connectivity index (χ3n) is 4.03. The summed E-state index contributed by atoms with van der Waals surface area (Å²) in [5, 5.41) is 38.9. The molecule has 3 heterocycles. The van der Waals surface area contributed by atoms with Crippen molar-refractivity contribution in [2.75, 3.05) is 6.61 Å². The van der Waals surface area contributed by atoms with Crippen LogP contribution in [0.4, 0.5) is 0 Å². The standard InChI is InChI=1S/C12H15N6O6S/c13-4-12(8-2-1-6-11(14)16-5-17-18(6)8)10(20)9(19)7(24-12)3-23-25(15,21)22/h1-2,5-7,9-10,19-20H,3H2,(H2,14,16,17)(H2,15,21,22)/q+1/t6?,7-,9-,10-,12+/m1/s1. The van der Waals surface area contributed by atoms with Crippen molar-refractivity contribution < 1.29 is 32.2 Å². The Hall–Kier alpha value is -2.21. The molecule has 6 N–H and O–H groups in total. The molecule has 3 aliphatic heterocycles. The van der Waals surface area contributed by atoms with E-state index in [4.69, 9.17) is 15.6 Å². The molecule has 0 amide bonds. The zero-order chi connectivity index (χ0) is 18.4. The first-order chi connectivity index (χ1) is 11.7. The Morgan fingerprint density at radius 3 is 2.88 bits per heavy atom. The van der Waals surface area contributed by atoms with Crippen LogP contribution in [0.3, 0.4) is 0 Å². The van der Waals surface area contributed by atoms with Crippen molar-refractivity contribution in [3.8, 4) is 6.07 Å². The number of amidine groups is 1. The Balaban J connectivity index is 1.95. The summed E-state index contributed by atoms with van der Waals surface area (Å²) in [4.78, 5) is 3.85. The van der Waals surface area contributed by atoms with Crippen LogP contribution in [0.5, 0.6) is 0 Å². The Kier molecular flexibility index (Phi) is 4.19. The van der Waals surface area contributed by atoms with E-state index in [2.05, 4.69) is 14.3 Å². The highest BCUT2D eigenvalue weighted by Gasteiger charge is 2.63. The monoisotopic (exact) mass is 371 g/mol. The Morgan fingerprint density at radius 2 is 2.24 bits per heavy atom. The molecule has 0 radical (unpaired) electrons. The molecule has 0 aromatic heterocycles. The lowest BCUT2D eigenvalue weighted by Gasteiger charge is -2.21. The highest BCUT2D eigenvalue weighted by molar-refractivity contribution is 7.84. The van der Waals surface area contributed by atoms with E-state index in [1.807, 2.05) is 6.07 Å². The molecular formula is C12H15N6O6S+. The number of aliphatic hydroxyl groups is 2. The van der Waals surface area contributed by atoms with E-state index in [0.717, 1.165) is 0 Å². The summed E-state index contributed by atoms with van der Waals surface area (Å²) in [6.07, 6.45) is -0.365.